The van der Waals surface area contributed by atoms with E-state index in [9.17, 15) is 0 Å². The number of nitrogens with one attached hydrogen (secondary N) is 1. The summed E-state index contributed by atoms with van der Waals surface area (Å²) in [6.07, 6.45) is 3.61. The molecule has 3 heterocycles. The van der Waals surface area contributed by atoms with E-state index in [0.29, 0.717) is 10.8 Å². The first-order chi connectivity index (χ1) is 17.6. The van der Waals surface area contributed by atoms with Gasteiger partial charge in [0.1, 0.15) is 11.2 Å². The maximum Gasteiger partial charge on any atom is 0.161 e. The van der Waals surface area contributed by atoms with Gasteiger partial charge in [-0.2, -0.15) is 0 Å². The first-order valence-electron chi connectivity index (χ1n) is 11.1. The van der Waals surface area contributed by atoms with Crippen LogP contribution < -0.4 is 5.32 Å². The van der Waals surface area contributed by atoms with E-state index in [1.54, 1.807) is 18.0 Å². The smallest absolute Gasteiger partial charge is 0.161 e. The fraction of sp³-hybridized carbons (Fsp3) is 0. The van der Waals surface area contributed by atoms with E-state index in [0.717, 1.165) is 53.0 Å². The molecule has 5 nitrogen and oxygen atoms in total. The van der Waals surface area contributed by atoms with Gasteiger partial charge in [-0.25, -0.2) is 0 Å². The zero-order valence-corrected chi connectivity index (χ0v) is 21.8. The molecule has 0 fully saturated rings. The summed E-state index contributed by atoms with van der Waals surface area (Å²) in [5, 5.41) is 15.2. The molecule has 3 aromatic carbocycles. The maximum absolute atomic E-state index is 6.07. The minimum atomic E-state index is 0.692. The summed E-state index contributed by atoms with van der Waals surface area (Å²) in [7, 11) is 0. The molecule has 0 saturated carbocycles. The molecule has 174 valence electrons. The van der Waals surface area contributed by atoms with Crippen molar-refractivity contribution >= 4 is 72.6 Å². The Hall–Kier alpha value is -3.52. The molecule has 0 bridgehead atoms. The number of pyridine rings is 2. The first kappa shape index (κ1) is 22.9. The molecular formula is C28H17BrClN5S. The molecule has 6 rings (SSSR count). The lowest BCUT2D eigenvalue weighted by Crippen LogP contribution is -1.99. The lowest BCUT2D eigenvalue weighted by atomic mass is 10.0. The fourth-order valence-corrected chi connectivity index (χ4v) is 5.30. The number of benzene rings is 3. The van der Waals surface area contributed by atoms with Crippen LogP contribution in [0.1, 0.15) is 0 Å². The third-order valence-electron chi connectivity index (χ3n) is 5.66. The predicted octanol–water partition coefficient (Wildman–Crippen LogP) is 8.55. The molecule has 0 aliphatic rings. The summed E-state index contributed by atoms with van der Waals surface area (Å²) in [6.45, 7) is 0. The molecular weight excluding hydrogens is 554 g/mol. The van der Waals surface area contributed by atoms with Gasteiger partial charge < -0.3 is 5.32 Å². The Bertz CT molecular complexity index is 1710. The minimum absolute atomic E-state index is 0.692. The molecule has 8 heteroatoms. The Balaban J connectivity index is 1.27. The fourth-order valence-electron chi connectivity index (χ4n) is 3.95. The molecule has 0 saturated heterocycles. The zero-order chi connectivity index (χ0) is 24.5. The molecule has 0 amide bonds. The molecule has 3 aromatic heterocycles. The van der Waals surface area contributed by atoms with Crippen molar-refractivity contribution in [1.29, 1.82) is 0 Å². The zero-order valence-electron chi connectivity index (χ0n) is 18.7. The van der Waals surface area contributed by atoms with Crippen molar-refractivity contribution in [3.05, 3.63) is 107 Å². The number of fused-ring (bicyclic) bond motifs is 2. The largest absolute Gasteiger partial charge is 0.338 e. The van der Waals surface area contributed by atoms with Crippen molar-refractivity contribution in [3.63, 3.8) is 0 Å². The lowest BCUT2D eigenvalue weighted by molar-refractivity contribution is 1.06. The average molecular weight is 571 g/mol. The highest BCUT2D eigenvalue weighted by Crippen LogP contribution is 2.35. The van der Waals surface area contributed by atoms with Crippen molar-refractivity contribution in [2.75, 3.05) is 5.32 Å². The Kier molecular flexibility index (Phi) is 6.27. The van der Waals surface area contributed by atoms with Crippen LogP contribution in [0.15, 0.2) is 112 Å². The van der Waals surface area contributed by atoms with Crippen LogP contribution in [0, 0.1) is 0 Å². The van der Waals surface area contributed by atoms with Crippen molar-refractivity contribution < 1.29 is 0 Å². The predicted molar refractivity (Wildman–Crippen MR) is 151 cm³/mol. The van der Waals surface area contributed by atoms with E-state index in [1.807, 2.05) is 66.9 Å². The minimum Gasteiger partial charge on any atom is -0.338 e. The quantitative estimate of drug-likeness (QED) is 0.224. The van der Waals surface area contributed by atoms with Crippen molar-refractivity contribution in [2.24, 2.45) is 0 Å². The first-order valence-corrected chi connectivity index (χ1v) is 13.1. The number of anilines is 2. The molecule has 36 heavy (non-hydrogen) atoms. The van der Waals surface area contributed by atoms with Crippen LogP contribution in [-0.2, 0) is 0 Å². The highest BCUT2D eigenvalue weighted by atomic mass is 79.9. The van der Waals surface area contributed by atoms with Gasteiger partial charge in [0, 0.05) is 53.7 Å². The van der Waals surface area contributed by atoms with Crippen LogP contribution in [0.25, 0.3) is 33.1 Å². The number of rotatable bonds is 5. The van der Waals surface area contributed by atoms with Gasteiger partial charge in [-0.15, -0.1) is 10.2 Å². The van der Waals surface area contributed by atoms with Crippen LogP contribution in [0.5, 0.6) is 0 Å². The standard InChI is InChI=1S/C28H17BrClN5S/c29-18-15-24-27(32-16-18)25(13-14-31-24)36-21-11-9-20(10-12-21)33-28-23-4-2-1-3-22(23)26(34-35-28)17-5-7-19(30)8-6-17/h1-16H,(H,33,35). The summed E-state index contributed by atoms with van der Waals surface area (Å²) in [6, 6.07) is 28.0. The summed E-state index contributed by atoms with van der Waals surface area (Å²) >= 11 is 11.2. The topological polar surface area (TPSA) is 63.6 Å². The Morgan fingerprint density at radius 1 is 0.806 bits per heavy atom. The monoisotopic (exact) mass is 569 g/mol. The van der Waals surface area contributed by atoms with E-state index >= 15 is 0 Å². The number of halogens is 2. The summed E-state index contributed by atoms with van der Waals surface area (Å²) in [5.74, 6) is 0.707. The van der Waals surface area contributed by atoms with Gasteiger partial charge in [-0.3, -0.25) is 9.97 Å². The van der Waals surface area contributed by atoms with E-state index in [1.165, 1.54) is 0 Å². The molecule has 6 aromatic rings. The second-order valence-electron chi connectivity index (χ2n) is 8.03. The highest BCUT2D eigenvalue weighted by molar-refractivity contribution is 9.10. The second-order valence-corrected chi connectivity index (χ2v) is 10.5. The van der Waals surface area contributed by atoms with Gasteiger partial charge in [0.15, 0.2) is 5.82 Å². The van der Waals surface area contributed by atoms with Gasteiger partial charge in [0.05, 0.1) is 5.52 Å². The van der Waals surface area contributed by atoms with Crippen LogP contribution in [0.4, 0.5) is 11.5 Å². The Morgan fingerprint density at radius 2 is 1.58 bits per heavy atom. The highest BCUT2D eigenvalue weighted by Gasteiger charge is 2.12. The normalized spacial score (nSPS) is 11.2. The number of aromatic nitrogens is 4. The van der Waals surface area contributed by atoms with Crippen molar-refractivity contribution in [2.45, 2.75) is 9.79 Å². The summed E-state index contributed by atoms with van der Waals surface area (Å²) in [5.41, 5.74) is 4.47. The van der Waals surface area contributed by atoms with Crippen molar-refractivity contribution in [1.82, 2.24) is 20.2 Å². The van der Waals surface area contributed by atoms with Crippen LogP contribution in [-0.4, -0.2) is 20.2 Å². The Morgan fingerprint density at radius 3 is 2.39 bits per heavy atom. The third kappa shape index (κ3) is 4.65. The summed E-state index contributed by atoms with van der Waals surface area (Å²) in [4.78, 5) is 11.1. The van der Waals surface area contributed by atoms with Gasteiger partial charge in [0.25, 0.3) is 0 Å². The molecule has 0 aliphatic heterocycles. The molecule has 0 atom stereocenters. The van der Waals surface area contributed by atoms with Gasteiger partial charge >= 0.3 is 0 Å². The molecule has 0 unspecified atom stereocenters. The molecule has 0 radical (unpaired) electrons. The number of hydrogen-bond acceptors (Lipinski definition) is 6. The van der Waals surface area contributed by atoms with Crippen LogP contribution in [0.3, 0.4) is 0 Å². The third-order valence-corrected chi connectivity index (χ3v) is 7.40. The van der Waals surface area contributed by atoms with Gasteiger partial charge in [-0.05, 0) is 64.5 Å². The SMILES string of the molecule is Clc1ccc(-c2nnc(Nc3ccc(Sc4ccnc5cc(Br)cnc45)cc3)c3ccccc23)cc1. The van der Waals surface area contributed by atoms with Crippen LogP contribution >= 0.6 is 39.3 Å². The van der Waals surface area contributed by atoms with E-state index in [2.05, 4.69) is 65.7 Å². The van der Waals surface area contributed by atoms with E-state index < -0.39 is 0 Å². The number of nitrogens with zero attached hydrogens (tertiary/aromatic N) is 4. The number of hydrogen-bond donors (Lipinski definition) is 1. The average Bonchev–Trinajstić information content (AvgIpc) is 2.90. The molecule has 0 aliphatic carbocycles. The second kappa shape index (κ2) is 9.85. The lowest BCUT2D eigenvalue weighted by Gasteiger charge is -2.12. The van der Waals surface area contributed by atoms with Crippen molar-refractivity contribution in [3.8, 4) is 11.3 Å². The van der Waals surface area contributed by atoms with Crippen LogP contribution in [0.2, 0.25) is 5.02 Å². The molecule has 1 N–H and O–H groups in total. The molecule has 0 spiro atoms. The van der Waals surface area contributed by atoms with E-state index in [4.69, 9.17) is 11.6 Å². The maximum atomic E-state index is 6.07. The van der Waals surface area contributed by atoms with Gasteiger partial charge in [0.2, 0.25) is 0 Å². The van der Waals surface area contributed by atoms with Gasteiger partial charge in [-0.1, -0.05) is 59.8 Å². The summed E-state index contributed by atoms with van der Waals surface area (Å²) < 4.78 is 0.914. The van der Waals surface area contributed by atoms with E-state index in [-0.39, 0.29) is 0 Å². The Labute approximate surface area is 225 Å².